The topological polar surface area (TPSA) is 38.0 Å². The molecular formula is C13H12BrClN2. The molecular weight excluding hydrogens is 300 g/mol. The summed E-state index contributed by atoms with van der Waals surface area (Å²) in [6.07, 6.45) is 0. The zero-order chi connectivity index (χ0) is 12.4. The monoisotopic (exact) mass is 310 g/mol. The zero-order valence-corrected chi connectivity index (χ0v) is 11.6. The lowest BCUT2D eigenvalue weighted by Crippen LogP contribution is -1.98. The lowest BCUT2D eigenvalue weighted by molar-refractivity contribution is 1.45. The normalized spacial score (nSPS) is 10.3. The molecule has 0 aliphatic heterocycles. The van der Waals surface area contributed by atoms with Crippen LogP contribution in [0.1, 0.15) is 5.56 Å². The van der Waals surface area contributed by atoms with E-state index < -0.39 is 0 Å². The highest BCUT2D eigenvalue weighted by Crippen LogP contribution is 2.31. The van der Waals surface area contributed by atoms with E-state index in [0.29, 0.717) is 5.02 Å². The highest BCUT2D eigenvalue weighted by Gasteiger charge is 2.05. The maximum Gasteiger partial charge on any atom is 0.0652 e. The van der Waals surface area contributed by atoms with Crippen LogP contribution in [-0.2, 0) is 0 Å². The van der Waals surface area contributed by atoms with Crippen molar-refractivity contribution in [2.24, 2.45) is 0 Å². The molecule has 4 heteroatoms. The lowest BCUT2D eigenvalue weighted by Gasteiger charge is -2.12. The van der Waals surface area contributed by atoms with Crippen molar-refractivity contribution in [1.82, 2.24) is 0 Å². The van der Waals surface area contributed by atoms with Crippen LogP contribution in [-0.4, -0.2) is 0 Å². The Hall–Kier alpha value is -1.19. The van der Waals surface area contributed by atoms with Crippen molar-refractivity contribution in [1.29, 1.82) is 0 Å². The number of hydrogen-bond donors (Lipinski definition) is 2. The van der Waals surface area contributed by atoms with E-state index in [1.807, 2.05) is 43.3 Å². The molecule has 0 radical (unpaired) electrons. The van der Waals surface area contributed by atoms with Crippen molar-refractivity contribution in [2.75, 3.05) is 11.1 Å². The van der Waals surface area contributed by atoms with Gasteiger partial charge in [0.15, 0.2) is 0 Å². The minimum Gasteiger partial charge on any atom is -0.397 e. The standard InChI is InChI=1S/C13H12BrClN2/c1-8-3-2-4-12(13(8)16)17-11-6-5-9(14)7-10(11)15/h2-7,17H,16H2,1H3. The fraction of sp³-hybridized carbons (Fsp3) is 0.0769. The third-order valence-corrected chi connectivity index (χ3v) is 3.33. The molecule has 0 spiro atoms. The number of rotatable bonds is 2. The highest BCUT2D eigenvalue weighted by molar-refractivity contribution is 9.10. The summed E-state index contributed by atoms with van der Waals surface area (Å²) in [7, 11) is 0. The van der Waals surface area contributed by atoms with Crippen molar-refractivity contribution in [3.05, 3.63) is 51.5 Å². The van der Waals surface area contributed by atoms with E-state index in [0.717, 1.165) is 27.1 Å². The molecule has 2 aromatic rings. The number of anilines is 3. The Morgan fingerprint density at radius 1 is 1.18 bits per heavy atom. The van der Waals surface area contributed by atoms with Gasteiger partial charge in [-0.15, -0.1) is 0 Å². The Labute approximate surface area is 114 Å². The van der Waals surface area contributed by atoms with Crippen LogP contribution in [0.2, 0.25) is 5.02 Å². The summed E-state index contributed by atoms with van der Waals surface area (Å²) in [5, 5.41) is 3.88. The highest BCUT2D eigenvalue weighted by atomic mass is 79.9. The predicted molar refractivity (Wildman–Crippen MR) is 78.0 cm³/mol. The first-order chi connectivity index (χ1) is 8.08. The molecule has 0 unspecified atom stereocenters. The third-order valence-electron chi connectivity index (χ3n) is 2.52. The first kappa shape index (κ1) is 12.3. The molecule has 0 bridgehead atoms. The maximum absolute atomic E-state index is 6.14. The summed E-state index contributed by atoms with van der Waals surface area (Å²) in [6.45, 7) is 1.98. The summed E-state index contributed by atoms with van der Waals surface area (Å²) < 4.78 is 0.949. The van der Waals surface area contributed by atoms with E-state index in [1.54, 1.807) is 0 Å². The molecule has 0 aromatic heterocycles. The van der Waals surface area contributed by atoms with Gasteiger partial charge in [0.1, 0.15) is 0 Å². The molecule has 0 atom stereocenters. The Kier molecular flexibility index (Phi) is 3.60. The maximum atomic E-state index is 6.14. The Bertz CT molecular complexity index is 555. The van der Waals surface area contributed by atoms with Gasteiger partial charge >= 0.3 is 0 Å². The smallest absolute Gasteiger partial charge is 0.0652 e. The molecule has 0 aliphatic rings. The van der Waals surface area contributed by atoms with Crippen molar-refractivity contribution < 1.29 is 0 Å². The third kappa shape index (κ3) is 2.73. The van der Waals surface area contributed by atoms with E-state index in [1.165, 1.54) is 0 Å². The van der Waals surface area contributed by atoms with E-state index in [2.05, 4.69) is 21.2 Å². The number of aryl methyl sites for hydroxylation is 1. The molecule has 0 fully saturated rings. The number of nitrogen functional groups attached to an aromatic ring is 1. The van der Waals surface area contributed by atoms with Gasteiger partial charge in [0.05, 0.1) is 22.1 Å². The Balaban J connectivity index is 2.35. The molecule has 2 aromatic carbocycles. The van der Waals surface area contributed by atoms with Crippen molar-refractivity contribution >= 4 is 44.6 Å². The van der Waals surface area contributed by atoms with Gasteiger partial charge < -0.3 is 11.1 Å². The molecule has 3 N–H and O–H groups in total. The summed E-state index contributed by atoms with van der Waals surface area (Å²) in [5.74, 6) is 0. The van der Waals surface area contributed by atoms with Gasteiger partial charge in [-0.3, -0.25) is 0 Å². The predicted octanol–water partition coefficient (Wildman–Crippen LogP) is 4.74. The van der Waals surface area contributed by atoms with Crippen molar-refractivity contribution in [2.45, 2.75) is 6.92 Å². The van der Waals surface area contributed by atoms with E-state index in [-0.39, 0.29) is 0 Å². The number of hydrogen-bond acceptors (Lipinski definition) is 2. The van der Waals surface area contributed by atoms with Crippen LogP contribution in [0, 0.1) is 6.92 Å². The van der Waals surface area contributed by atoms with Crippen LogP contribution in [0.25, 0.3) is 0 Å². The molecule has 0 heterocycles. The first-order valence-corrected chi connectivity index (χ1v) is 6.32. The summed E-state index contributed by atoms with van der Waals surface area (Å²) in [6, 6.07) is 11.6. The zero-order valence-electron chi connectivity index (χ0n) is 9.30. The van der Waals surface area contributed by atoms with Gasteiger partial charge in [-0.05, 0) is 36.8 Å². The fourth-order valence-electron chi connectivity index (χ4n) is 1.53. The Morgan fingerprint density at radius 2 is 1.94 bits per heavy atom. The van der Waals surface area contributed by atoms with Gasteiger partial charge in [0, 0.05) is 4.47 Å². The van der Waals surface area contributed by atoms with Crippen LogP contribution >= 0.6 is 27.5 Å². The van der Waals surface area contributed by atoms with Crippen molar-refractivity contribution in [3.8, 4) is 0 Å². The second-order valence-electron chi connectivity index (χ2n) is 3.79. The quantitative estimate of drug-likeness (QED) is 0.786. The molecule has 0 saturated carbocycles. The first-order valence-electron chi connectivity index (χ1n) is 5.15. The van der Waals surface area contributed by atoms with Crippen LogP contribution in [0.3, 0.4) is 0 Å². The summed E-state index contributed by atoms with van der Waals surface area (Å²) in [5.41, 5.74) is 9.49. The molecule has 0 aliphatic carbocycles. The minimum atomic E-state index is 0.653. The summed E-state index contributed by atoms with van der Waals surface area (Å²) in [4.78, 5) is 0. The van der Waals surface area contributed by atoms with Gasteiger partial charge in [-0.1, -0.05) is 39.7 Å². The molecule has 88 valence electrons. The molecule has 17 heavy (non-hydrogen) atoms. The molecule has 0 amide bonds. The fourth-order valence-corrected chi connectivity index (χ4v) is 2.25. The average Bonchev–Trinajstić information content (AvgIpc) is 2.28. The number of halogens is 2. The molecule has 2 rings (SSSR count). The van der Waals surface area contributed by atoms with Crippen LogP contribution in [0.5, 0.6) is 0 Å². The van der Waals surface area contributed by atoms with Crippen LogP contribution < -0.4 is 11.1 Å². The number of benzene rings is 2. The molecule has 0 saturated heterocycles. The van der Waals surface area contributed by atoms with Gasteiger partial charge in [0.25, 0.3) is 0 Å². The number of nitrogens with one attached hydrogen (secondary N) is 1. The van der Waals surface area contributed by atoms with Gasteiger partial charge in [-0.25, -0.2) is 0 Å². The van der Waals surface area contributed by atoms with E-state index in [9.17, 15) is 0 Å². The van der Waals surface area contributed by atoms with Crippen LogP contribution in [0.15, 0.2) is 40.9 Å². The minimum absolute atomic E-state index is 0.653. The SMILES string of the molecule is Cc1cccc(Nc2ccc(Br)cc2Cl)c1N. The number of para-hydroxylation sites is 1. The summed E-state index contributed by atoms with van der Waals surface area (Å²) >= 11 is 9.51. The largest absolute Gasteiger partial charge is 0.397 e. The second kappa shape index (κ2) is 4.98. The average molecular weight is 312 g/mol. The second-order valence-corrected chi connectivity index (χ2v) is 5.11. The number of nitrogens with two attached hydrogens (primary N) is 1. The molecule has 2 nitrogen and oxygen atoms in total. The van der Waals surface area contributed by atoms with Crippen LogP contribution in [0.4, 0.5) is 17.1 Å². The van der Waals surface area contributed by atoms with Crippen molar-refractivity contribution in [3.63, 3.8) is 0 Å². The van der Waals surface area contributed by atoms with Gasteiger partial charge in [-0.2, -0.15) is 0 Å². The van der Waals surface area contributed by atoms with E-state index >= 15 is 0 Å². The Morgan fingerprint density at radius 3 is 2.65 bits per heavy atom. The lowest BCUT2D eigenvalue weighted by atomic mass is 10.1. The van der Waals surface area contributed by atoms with Gasteiger partial charge in [0.2, 0.25) is 0 Å². The van der Waals surface area contributed by atoms with E-state index in [4.69, 9.17) is 17.3 Å².